The second kappa shape index (κ2) is 6.97. The molecule has 2 unspecified atom stereocenters. The molecule has 1 aliphatic carbocycles. The fourth-order valence-electron chi connectivity index (χ4n) is 3.18. The Kier molecular flexibility index (Phi) is 4.78. The van der Waals surface area contributed by atoms with Crippen molar-refractivity contribution >= 4 is 11.6 Å². The fraction of sp³-hybridized carbons (Fsp3) is 0.412. The lowest BCUT2D eigenvalue weighted by atomic mass is 9.76. The molecule has 1 fully saturated rings. The Morgan fingerprint density at radius 3 is 2.95 bits per heavy atom. The fourth-order valence-corrected chi connectivity index (χ4v) is 3.44. The van der Waals surface area contributed by atoms with Crippen molar-refractivity contribution in [2.24, 2.45) is 5.92 Å². The normalized spacial score (nSPS) is 21.5. The highest BCUT2D eigenvalue weighted by atomic mass is 35.5. The Balaban J connectivity index is 1.72. The van der Waals surface area contributed by atoms with Crippen molar-refractivity contribution in [3.05, 3.63) is 47.5 Å². The topological polar surface area (TPSA) is 55.2 Å². The van der Waals surface area contributed by atoms with E-state index >= 15 is 0 Å². The van der Waals surface area contributed by atoms with Crippen LogP contribution in [0.4, 0.5) is 0 Å². The highest BCUT2D eigenvalue weighted by Crippen LogP contribution is 2.40. The molecule has 2 aromatic heterocycles. The van der Waals surface area contributed by atoms with E-state index in [0.29, 0.717) is 29.3 Å². The molecule has 1 saturated carbocycles. The third-order valence-corrected chi connectivity index (χ3v) is 4.58. The summed E-state index contributed by atoms with van der Waals surface area (Å²) in [4.78, 5) is 8.13. The first-order valence-corrected chi connectivity index (χ1v) is 7.99. The number of aromatic nitrogens is 2. The van der Waals surface area contributed by atoms with Crippen LogP contribution >= 0.6 is 11.6 Å². The molecule has 4 nitrogen and oxygen atoms in total. The van der Waals surface area contributed by atoms with Crippen molar-refractivity contribution in [3.8, 4) is 11.5 Å². The van der Waals surface area contributed by atoms with Gasteiger partial charge < -0.3 is 9.84 Å². The molecular weight excluding hydrogens is 300 g/mol. The monoisotopic (exact) mass is 318 g/mol. The lowest BCUT2D eigenvalue weighted by Crippen LogP contribution is -2.24. The van der Waals surface area contributed by atoms with Crippen LogP contribution < -0.4 is 4.74 Å². The third-order valence-electron chi connectivity index (χ3n) is 4.26. The summed E-state index contributed by atoms with van der Waals surface area (Å²) in [6.45, 7) is 0.598. The van der Waals surface area contributed by atoms with Gasteiger partial charge in [0.2, 0.25) is 0 Å². The van der Waals surface area contributed by atoms with E-state index in [9.17, 15) is 5.11 Å². The second-order valence-electron chi connectivity index (χ2n) is 5.72. The summed E-state index contributed by atoms with van der Waals surface area (Å²) in [7, 11) is 0. The van der Waals surface area contributed by atoms with Crippen LogP contribution in [-0.4, -0.2) is 21.7 Å². The molecule has 0 spiro atoms. The number of nitrogens with zero attached hydrogens (tertiary/aromatic N) is 2. The van der Waals surface area contributed by atoms with E-state index < -0.39 is 0 Å². The Hall–Kier alpha value is -1.81. The van der Waals surface area contributed by atoms with Crippen LogP contribution in [0.3, 0.4) is 0 Å². The van der Waals surface area contributed by atoms with Gasteiger partial charge in [-0.15, -0.1) is 0 Å². The maximum Gasteiger partial charge on any atom is 0.141 e. The van der Waals surface area contributed by atoms with Crippen molar-refractivity contribution in [2.45, 2.75) is 31.6 Å². The zero-order valence-electron chi connectivity index (χ0n) is 12.3. The summed E-state index contributed by atoms with van der Waals surface area (Å²) in [6, 6.07) is 5.59. The molecule has 2 heterocycles. The summed E-state index contributed by atoms with van der Waals surface area (Å²) in [5.41, 5.74) is 1.12. The molecule has 0 aliphatic heterocycles. The highest BCUT2D eigenvalue weighted by Gasteiger charge is 2.28. The van der Waals surface area contributed by atoms with Crippen LogP contribution in [-0.2, 0) is 0 Å². The summed E-state index contributed by atoms with van der Waals surface area (Å²) >= 11 is 6.27. The molecular formula is C17H19ClN2O2. The average molecular weight is 319 g/mol. The standard InChI is InChI=1S/C17H19ClN2O2/c18-17-16(6-3-7-20-17)15-5-2-1-4-12(15)11-22-14-8-13(21)9-19-10-14/h3,6-10,12,15,21H,1-2,4-5,11H2. The Bertz CT molecular complexity index is 636. The Labute approximate surface area is 135 Å². The van der Waals surface area contributed by atoms with Gasteiger partial charge in [0.1, 0.15) is 16.7 Å². The second-order valence-corrected chi connectivity index (χ2v) is 6.08. The molecule has 0 amide bonds. The molecule has 22 heavy (non-hydrogen) atoms. The minimum absolute atomic E-state index is 0.119. The molecule has 2 atom stereocenters. The average Bonchev–Trinajstić information content (AvgIpc) is 2.54. The van der Waals surface area contributed by atoms with E-state index in [1.165, 1.54) is 19.0 Å². The minimum atomic E-state index is 0.119. The number of hydrogen-bond acceptors (Lipinski definition) is 4. The number of hydrogen-bond donors (Lipinski definition) is 1. The maximum absolute atomic E-state index is 9.45. The minimum Gasteiger partial charge on any atom is -0.506 e. The van der Waals surface area contributed by atoms with Crippen molar-refractivity contribution in [1.82, 2.24) is 9.97 Å². The van der Waals surface area contributed by atoms with Gasteiger partial charge in [-0.2, -0.15) is 0 Å². The van der Waals surface area contributed by atoms with Crippen LogP contribution in [0.1, 0.15) is 37.2 Å². The molecule has 2 aromatic rings. The predicted octanol–water partition coefficient (Wildman–Crippen LogP) is 4.19. The summed E-state index contributed by atoms with van der Waals surface area (Å²) < 4.78 is 5.83. The Morgan fingerprint density at radius 1 is 1.27 bits per heavy atom. The van der Waals surface area contributed by atoms with Gasteiger partial charge in [0.25, 0.3) is 0 Å². The smallest absolute Gasteiger partial charge is 0.141 e. The molecule has 5 heteroatoms. The van der Waals surface area contributed by atoms with E-state index in [1.807, 2.05) is 6.07 Å². The van der Waals surface area contributed by atoms with E-state index in [4.69, 9.17) is 16.3 Å². The quantitative estimate of drug-likeness (QED) is 0.859. The van der Waals surface area contributed by atoms with Crippen molar-refractivity contribution in [1.29, 1.82) is 0 Å². The summed E-state index contributed by atoms with van der Waals surface area (Å²) in [5.74, 6) is 1.49. The summed E-state index contributed by atoms with van der Waals surface area (Å²) in [5, 5.41) is 10.0. The van der Waals surface area contributed by atoms with Gasteiger partial charge in [0.15, 0.2) is 0 Å². The van der Waals surface area contributed by atoms with E-state index in [1.54, 1.807) is 18.5 Å². The van der Waals surface area contributed by atoms with Crippen LogP contribution in [0.15, 0.2) is 36.8 Å². The largest absolute Gasteiger partial charge is 0.506 e. The number of rotatable bonds is 4. The highest BCUT2D eigenvalue weighted by molar-refractivity contribution is 6.30. The molecule has 0 radical (unpaired) electrons. The third kappa shape index (κ3) is 3.50. The van der Waals surface area contributed by atoms with Crippen LogP contribution in [0, 0.1) is 5.92 Å². The van der Waals surface area contributed by atoms with E-state index in [2.05, 4.69) is 16.0 Å². The lowest BCUT2D eigenvalue weighted by Gasteiger charge is -2.32. The maximum atomic E-state index is 9.45. The van der Waals surface area contributed by atoms with Crippen molar-refractivity contribution in [2.75, 3.05) is 6.61 Å². The first kappa shape index (κ1) is 15.1. The van der Waals surface area contributed by atoms with Crippen molar-refractivity contribution in [3.63, 3.8) is 0 Å². The molecule has 0 bridgehead atoms. The van der Waals surface area contributed by atoms with Gasteiger partial charge in [-0.1, -0.05) is 30.5 Å². The molecule has 0 saturated heterocycles. The number of ether oxygens (including phenoxy) is 1. The number of halogens is 1. The van der Waals surface area contributed by atoms with Crippen molar-refractivity contribution < 1.29 is 9.84 Å². The van der Waals surface area contributed by atoms with Gasteiger partial charge in [-0.25, -0.2) is 4.98 Å². The molecule has 0 aromatic carbocycles. The number of pyridine rings is 2. The van der Waals surface area contributed by atoms with Gasteiger partial charge in [-0.05, 0) is 36.3 Å². The van der Waals surface area contributed by atoms with Crippen LogP contribution in [0.2, 0.25) is 5.15 Å². The molecule has 1 N–H and O–H groups in total. The predicted molar refractivity (Wildman–Crippen MR) is 85.3 cm³/mol. The molecule has 1 aliphatic rings. The lowest BCUT2D eigenvalue weighted by molar-refractivity contribution is 0.185. The van der Waals surface area contributed by atoms with Gasteiger partial charge >= 0.3 is 0 Å². The molecule has 116 valence electrons. The molecule has 3 rings (SSSR count). The van der Waals surface area contributed by atoms with Gasteiger partial charge in [0.05, 0.1) is 19.0 Å². The Morgan fingerprint density at radius 2 is 2.14 bits per heavy atom. The first-order valence-electron chi connectivity index (χ1n) is 7.61. The van der Waals surface area contributed by atoms with Gasteiger partial charge in [-0.3, -0.25) is 4.98 Å². The number of aromatic hydroxyl groups is 1. The summed E-state index contributed by atoms with van der Waals surface area (Å²) in [6.07, 6.45) is 9.37. The first-order chi connectivity index (χ1) is 10.7. The van der Waals surface area contributed by atoms with Crippen LogP contribution in [0.25, 0.3) is 0 Å². The van der Waals surface area contributed by atoms with Gasteiger partial charge in [0, 0.05) is 12.3 Å². The zero-order valence-corrected chi connectivity index (χ0v) is 13.0. The van der Waals surface area contributed by atoms with E-state index in [-0.39, 0.29) is 5.75 Å². The van der Waals surface area contributed by atoms with E-state index in [0.717, 1.165) is 18.4 Å². The SMILES string of the molecule is Oc1cncc(OCC2CCCCC2c2cccnc2Cl)c1. The van der Waals surface area contributed by atoms with Crippen LogP contribution in [0.5, 0.6) is 11.5 Å². The zero-order chi connectivity index (χ0) is 15.4.